The number of allylic oxidation sites excluding steroid dienone is 1. The van der Waals surface area contributed by atoms with E-state index in [1.165, 1.54) is 30.0 Å². The van der Waals surface area contributed by atoms with Crippen LogP contribution in [0.3, 0.4) is 0 Å². The molecule has 8 nitrogen and oxygen atoms in total. The van der Waals surface area contributed by atoms with Crippen LogP contribution in [-0.4, -0.2) is 35.5 Å². The molecule has 0 bridgehead atoms. The number of aryl methyl sites for hydroxylation is 1. The lowest BCUT2D eigenvalue weighted by molar-refractivity contribution is -0.118. The number of aromatic nitrogens is 2. The SMILES string of the molecule is C=CCc1cc(C=Nn2c(CCC)nc3ccc(Br)cc3c2=O)cc(OC)c1OCC(=O)Nc1ccccc1F. The van der Waals surface area contributed by atoms with Gasteiger partial charge in [-0.1, -0.05) is 41.1 Å². The molecule has 4 aromatic rings. The molecule has 0 fully saturated rings. The zero-order valence-electron chi connectivity index (χ0n) is 22.1. The summed E-state index contributed by atoms with van der Waals surface area (Å²) >= 11 is 3.41. The zero-order chi connectivity index (χ0) is 28.6. The summed E-state index contributed by atoms with van der Waals surface area (Å²) in [5.74, 6) is 0.198. The molecule has 0 aliphatic carbocycles. The first-order chi connectivity index (χ1) is 19.3. The summed E-state index contributed by atoms with van der Waals surface area (Å²) in [4.78, 5) is 30.4. The molecule has 1 aromatic heterocycles. The van der Waals surface area contributed by atoms with E-state index in [2.05, 4.69) is 37.9 Å². The van der Waals surface area contributed by atoms with Crippen LogP contribution in [0.15, 0.2) is 81.6 Å². The van der Waals surface area contributed by atoms with Crippen molar-refractivity contribution in [1.29, 1.82) is 0 Å². The van der Waals surface area contributed by atoms with Gasteiger partial charge in [0.15, 0.2) is 18.1 Å². The minimum atomic E-state index is -0.542. The van der Waals surface area contributed by atoms with Crippen LogP contribution in [0.2, 0.25) is 0 Å². The van der Waals surface area contributed by atoms with Crippen LogP contribution in [0.1, 0.15) is 30.3 Å². The molecule has 40 heavy (non-hydrogen) atoms. The van der Waals surface area contributed by atoms with Crippen LogP contribution in [-0.2, 0) is 17.6 Å². The van der Waals surface area contributed by atoms with E-state index < -0.39 is 11.7 Å². The number of methoxy groups -OCH3 is 1. The van der Waals surface area contributed by atoms with Gasteiger partial charge in [0.1, 0.15) is 11.6 Å². The fraction of sp³-hybridized carbons (Fsp3) is 0.200. The highest BCUT2D eigenvalue weighted by Crippen LogP contribution is 2.33. The van der Waals surface area contributed by atoms with E-state index in [9.17, 15) is 14.0 Å². The molecule has 0 aliphatic heterocycles. The third-order valence-corrected chi connectivity index (χ3v) is 6.40. The Hall–Kier alpha value is -4.31. The minimum absolute atomic E-state index is 0.0640. The van der Waals surface area contributed by atoms with Crippen molar-refractivity contribution in [2.75, 3.05) is 19.0 Å². The summed E-state index contributed by atoms with van der Waals surface area (Å²) in [5.41, 5.74) is 1.73. The molecule has 4 rings (SSSR count). The molecule has 0 unspecified atom stereocenters. The van der Waals surface area contributed by atoms with Crippen LogP contribution in [0, 0.1) is 5.82 Å². The number of ether oxygens (including phenoxy) is 2. The summed E-state index contributed by atoms with van der Waals surface area (Å²) < 4.78 is 27.3. The normalized spacial score (nSPS) is 11.1. The van der Waals surface area contributed by atoms with Crippen molar-refractivity contribution in [3.8, 4) is 11.5 Å². The van der Waals surface area contributed by atoms with Gasteiger partial charge < -0.3 is 14.8 Å². The highest BCUT2D eigenvalue weighted by atomic mass is 79.9. The number of fused-ring (bicyclic) bond motifs is 1. The molecule has 206 valence electrons. The smallest absolute Gasteiger partial charge is 0.282 e. The Morgan fingerprint density at radius 2 is 2.02 bits per heavy atom. The maximum Gasteiger partial charge on any atom is 0.282 e. The summed E-state index contributed by atoms with van der Waals surface area (Å²) in [6.45, 7) is 5.45. The number of amides is 1. The summed E-state index contributed by atoms with van der Waals surface area (Å²) in [6.07, 6.45) is 5.02. The van der Waals surface area contributed by atoms with Crippen LogP contribution in [0.25, 0.3) is 10.9 Å². The molecule has 0 saturated carbocycles. The van der Waals surface area contributed by atoms with Gasteiger partial charge in [-0.25, -0.2) is 9.37 Å². The second-order valence-corrected chi connectivity index (χ2v) is 9.74. The monoisotopic (exact) mass is 606 g/mol. The fourth-order valence-corrected chi connectivity index (χ4v) is 4.45. The topological polar surface area (TPSA) is 94.8 Å². The Kier molecular flexibility index (Phi) is 9.44. The molecule has 1 N–H and O–H groups in total. The second-order valence-electron chi connectivity index (χ2n) is 8.82. The largest absolute Gasteiger partial charge is 0.493 e. The van der Waals surface area contributed by atoms with Crippen LogP contribution < -0.4 is 20.3 Å². The average molecular weight is 607 g/mol. The number of carbonyl (C=O) groups is 1. The van der Waals surface area contributed by atoms with Gasteiger partial charge in [-0.3, -0.25) is 9.59 Å². The second kappa shape index (κ2) is 13.2. The highest BCUT2D eigenvalue weighted by Gasteiger charge is 2.16. The van der Waals surface area contributed by atoms with Crippen LogP contribution in [0.4, 0.5) is 10.1 Å². The number of para-hydroxylation sites is 1. The number of nitrogens with zero attached hydrogens (tertiary/aromatic N) is 3. The van der Waals surface area contributed by atoms with E-state index in [0.29, 0.717) is 52.2 Å². The van der Waals surface area contributed by atoms with Crippen molar-refractivity contribution in [3.63, 3.8) is 0 Å². The molecule has 0 spiro atoms. The molecule has 1 amide bonds. The zero-order valence-corrected chi connectivity index (χ0v) is 23.7. The quantitative estimate of drug-likeness (QED) is 0.170. The van der Waals surface area contributed by atoms with Gasteiger partial charge in [-0.15, -0.1) is 6.58 Å². The van der Waals surface area contributed by atoms with Crippen molar-refractivity contribution in [3.05, 3.63) is 105 Å². The van der Waals surface area contributed by atoms with Gasteiger partial charge in [0.25, 0.3) is 11.5 Å². The van der Waals surface area contributed by atoms with Gasteiger partial charge in [0, 0.05) is 16.5 Å². The molecule has 0 aliphatic rings. The third kappa shape index (κ3) is 6.63. The number of rotatable bonds is 11. The van der Waals surface area contributed by atoms with Gasteiger partial charge in [0.2, 0.25) is 0 Å². The van der Waals surface area contributed by atoms with Crippen molar-refractivity contribution in [1.82, 2.24) is 9.66 Å². The number of carbonyl (C=O) groups excluding carboxylic acids is 1. The van der Waals surface area contributed by atoms with Gasteiger partial charge >= 0.3 is 0 Å². The van der Waals surface area contributed by atoms with Crippen molar-refractivity contribution in [2.45, 2.75) is 26.2 Å². The molecule has 0 radical (unpaired) electrons. The maximum absolute atomic E-state index is 13.9. The Bertz CT molecular complexity index is 1650. The summed E-state index contributed by atoms with van der Waals surface area (Å²) in [7, 11) is 1.48. The Morgan fingerprint density at radius 3 is 2.75 bits per heavy atom. The number of nitrogens with one attached hydrogen (secondary N) is 1. The third-order valence-electron chi connectivity index (χ3n) is 5.91. The van der Waals surface area contributed by atoms with Crippen LogP contribution in [0.5, 0.6) is 11.5 Å². The lowest BCUT2D eigenvalue weighted by Crippen LogP contribution is -2.22. The number of benzene rings is 3. The number of hydrogen-bond acceptors (Lipinski definition) is 6. The van der Waals surface area contributed by atoms with Gasteiger partial charge in [-0.05, 0) is 60.9 Å². The first-order valence-corrected chi connectivity index (χ1v) is 13.4. The lowest BCUT2D eigenvalue weighted by atomic mass is 10.1. The first kappa shape index (κ1) is 28.7. The van der Waals surface area contributed by atoms with Crippen molar-refractivity contribution in [2.24, 2.45) is 5.10 Å². The van der Waals surface area contributed by atoms with Crippen molar-refractivity contribution >= 4 is 44.6 Å². The Morgan fingerprint density at radius 1 is 1.23 bits per heavy atom. The molecule has 0 saturated heterocycles. The van der Waals surface area contributed by atoms with E-state index in [0.717, 1.165) is 10.9 Å². The number of halogens is 2. The van der Waals surface area contributed by atoms with E-state index in [1.54, 1.807) is 36.6 Å². The minimum Gasteiger partial charge on any atom is -0.493 e. The average Bonchev–Trinajstić information content (AvgIpc) is 2.94. The standard InChI is InChI=1S/C30H28BrFN4O4/c1-4-8-20-14-19(15-26(39-3)29(20)40-18-28(37)35-25-11-7-6-10-23(25)32)17-33-36-27(9-5-2)34-24-13-12-21(31)16-22(24)30(36)38/h4,6-7,10-17H,1,5,8-9,18H2,2-3H3,(H,35,37). The van der Waals surface area contributed by atoms with Crippen LogP contribution >= 0.6 is 15.9 Å². The number of hydrogen-bond donors (Lipinski definition) is 1. The predicted octanol–water partition coefficient (Wildman–Crippen LogP) is 5.89. The van der Waals surface area contributed by atoms with Crippen molar-refractivity contribution < 1.29 is 18.7 Å². The Labute approximate surface area is 239 Å². The molecule has 10 heteroatoms. The van der Waals surface area contributed by atoms with E-state index in [-0.39, 0.29) is 17.9 Å². The predicted molar refractivity (Wildman–Crippen MR) is 158 cm³/mol. The molecular formula is C30H28BrFN4O4. The lowest BCUT2D eigenvalue weighted by Gasteiger charge is -2.16. The van der Waals surface area contributed by atoms with E-state index in [1.807, 2.05) is 19.1 Å². The maximum atomic E-state index is 13.9. The molecule has 0 atom stereocenters. The van der Waals surface area contributed by atoms with Gasteiger partial charge in [-0.2, -0.15) is 9.78 Å². The summed E-state index contributed by atoms with van der Waals surface area (Å²) in [5, 5.41) is 7.44. The fourth-order valence-electron chi connectivity index (χ4n) is 4.09. The first-order valence-electron chi connectivity index (χ1n) is 12.6. The van der Waals surface area contributed by atoms with Gasteiger partial charge in [0.05, 0.1) is 29.9 Å². The Balaban J connectivity index is 1.65. The molecular weight excluding hydrogens is 579 g/mol. The molecule has 3 aromatic carbocycles. The molecule has 1 heterocycles. The van der Waals surface area contributed by atoms with E-state index in [4.69, 9.17) is 9.47 Å². The number of anilines is 1. The highest BCUT2D eigenvalue weighted by molar-refractivity contribution is 9.10. The summed E-state index contributed by atoms with van der Waals surface area (Å²) in [6, 6.07) is 14.8. The van der Waals surface area contributed by atoms with E-state index >= 15 is 0 Å².